The maximum Gasteiger partial charge on any atom is 0.345 e. The van der Waals surface area contributed by atoms with Crippen LogP contribution in [-0.2, 0) is 4.74 Å². The van der Waals surface area contributed by atoms with Gasteiger partial charge in [-0.1, -0.05) is 13.8 Å². The number of benzene rings is 1. The monoisotopic (exact) mass is 310 g/mol. The second kappa shape index (κ2) is 8.99. The van der Waals surface area contributed by atoms with Crippen molar-refractivity contribution in [2.75, 3.05) is 32.8 Å². The van der Waals surface area contributed by atoms with E-state index in [0.29, 0.717) is 12.4 Å². The van der Waals surface area contributed by atoms with Crippen LogP contribution in [0.1, 0.15) is 31.1 Å². The Morgan fingerprint density at radius 1 is 1.27 bits per heavy atom. The molecular weight excluding hydrogens is 288 g/mol. The average Bonchev–Trinajstić information content (AvgIpc) is 2.51. The number of hydrogen-bond donors (Lipinski definition) is 0. The fourth-order valence-corrected chi connectivity index (χ4v) is 1.97. The molecule has 0 N–H and O–H groups in total. The Morgan fingerprint density at radius 3 is 2.50 bits per heavy atom. The largest absolute Gasteiger partial charge is 0.492 e. The molecule has 0 fully saturated rings. The molecule has 0 aliphatic carbocycles. The maximum atomic E-state index is 11.8. The first-order valence-electron chi connectivity index (χ1n) is 7.34. The predicted molar refractivity (Wildman–Crippen MR) is 82.3 cm³/mol. The summed E-state index contributed by atoms with van der Waals surface area (Å²) in [5.74, 6) is -0.302. The molecule has 7 heteroatoms. The van der Waals surface area contributed by atoms with Crippen LogP contribution < -0.4 is 4.74 Å². The highest BCUT2D eigenvalue weighted by Crippen LogP contribution is 2.25. The molecule has 0 unspecified atom stereocenters. The van der Waals surface area contributed by atoms with Crippen LogP contribution in [0.25, 0.3) is 0 Å². The minimum atomic E-state index is -0.719. The van der Waals surface area contributed by atoms with Crippen LogP contribution in [0.4, 0.5) is 5.69 Å². The number of ether oxygens (including phenoxy) is 2. The number of hydrogen-bond acceptors (Lipinski definition) is 6. The summed E-state index contributed by atoms with van der Waals surface area (Å²) in [6.07, 6.45) is 0. The van der Waals surface area contributed by atoms with Crippen LogP contribution in [0.3, 0.4) is 0 Å². The highest BCUT2D eigenvalue weighted by Gasteiger charge is 2.22. The molecule has 0 saturated carbocycles. The van der Waals surface area contributed by atoms with Gasteiger partial charge in [-0.3, -0.25) is 10.1 Å². The molecule has 0 aliphatic heterocycles. The third-order valence-corrected chi connectivity index (χ3v) is 3.23. The zero-order valence-electron chi connectivity index (χ0n) is 13.2. The van der Waals surface area contributed by atoms with Crippen molar-refractivity contribution in [3.63, 3.8) is 0 Å². The van der Waals surface area contributed by atoms with Gasteiger partial charge in [-0.15, -0.1) is 0 Å². The molecule has 0 bridgehead atoms. The molecule has 0 aliphatic rings. The summed E-state index contributed by atoms with van der Waals surface area (Å²) in [5.41, 5.74) is -0.373. The third kappa shape index (κ3) is 5.00. The second-order valence-corrected chi connectivity index (χ2v) is 4.53. The number of carbonyl (C=O) groups is 1. The van der Waals surface area contributed by atoms with Gasteiger partial charge in [0.15, 0.2) is 0 Å². The van der Waals surface area contributed by atoms with E-state index in [0.717, 1.165) is 19.6 Å². The molecule has 0 spiro atoms. The quantitative estimate of drug-likeness (QED) is 0.396. The number of likely N-dealkylation sites (N-methyl/N-ethyl adjacent to an activating group) is 1. The molecule has 0 aromatic heterocycles. The van der Waals surface area contributed by atoms with Crippen LogP contribution in [0.15, 0.2) is 18.2 Å². The SMILES string of the molecule is CCOC(=O)c1cc(OCCN(CC)CC)ccc1[N+](=O)[O-]. The normalized spacial score (nSPS) is 10.5. The number of nitro groups is 1. The summed E-state index contributed by atoms with van der Waals surface area (Å²) in [7, 11) is 0. The van der Waals surface area contributed by atoms with Gasteiger partial charge in [0.1, 0.15) is 17.9 Å². The van der Waals surface area contributed by atoms with E-state index in [1.54, 1.807) is 6.92 Å². The second-order valence-electron chi connectivity index (χ2n) is 4.53. The first-order valence-corrected chi connectivity index (χ1v) is 7.34. The van der Waals surface area contributed by atoms with Crippen molar-refractivity contribution in [1.82, 2.24) is 4.90 Å². The van der Waals surface area contributed by atoms with E-state index in [2.05, 4.69) is 18.7 Å². The van der Waals surface area contributed by atoms with Gasteiger partial charge >= 0.3 is 5.97 Å². The summed E-state index contributed by atoms with van der Waals surface area (Å²) < 4.78 is 10.4. The van der Waals surface area contributed by atoms with Gasteiger partial charge in [0, 0.05) is 18.7 Å². The topological polar surface area (TPSA) is 81.9 Å². The lowest BCUT2D eigenvalue weighted by molar-refractivity contribution is -0.385. The van der Waals surface area contributed by atoms with E-state index in [9.17, 15) is 14.9 Å². The lowest BCUT2D eigenvalue weighted by Crippen LogP contribution is -2.27. The van der Waals surface area contributed by atoms with Crippen molar-refractivity contribution < 1.29 is 19.2 Å². The van der Waals surface area contributed by atoms with Crippen molar-refractivity contribution >= 4 is 11.7 Å². The van der Waals surface area contributed by atoms with Gasteiger partial charge in [0.25, 0.3) is 5.69 Å². The number of carbonyl (C=O) groups excluding carboxylic acids is 1. The fourth-order valence-electron chi connectivity index (χ4n) is 1.97. The minimum absolute atomic E-state index is 0.0906. The zero-order valence-corrected chi connectivity index (χ0v) is 13.2. The summed E-state index contributed by atoms with van der Waals surface area (Å²) in [5, 5.41) is 11.0. The Labute approximate surface area is 130 Å². The van der Waals surface area contributed by atoms with Crippen molar-refractivity contribution in [3.05, 3.63) is 33.9 Å². The molecule has 0 amide bonds. The van der Waals surface area contributed by atoms with Crippen molar-refractivity contribution in [2.24, 2.45) is 0 Å². The first kappa shape index (κ1) is 17.9. The van der Waals surface area contributed by atoms with Crippen molar-refractivity contribution in [2.45, 2.75) is 20.8 Å². The molecule has 1 aromatic rings. The zero-order chi connectivity index (χ0) is 16.5. The Morgan fingerprint density at radius 2 is 1.95 bits per heavy atom. The minimum Gasteiger partial charge on any atom is -0.492 e. The molecule has 0 heterocycles. The van der Waals surface area contributed by atoms with E-state index >= 15 is 0 Å². The number of rotatable bonds is 9. The molecule has 122 valence electrons. The first-order chi connectivity index (χ1) is 10.5. The van der Waals surface area contributed by atoms with E-state index < -0.39 is 10.9 Å². The standard InChI is InChI=1S/C15H22N2O5/c1-4-16(5-2)9-10-22-12-7-8-14(17(19)20)13(11-12)15(18)21-6-3/h7-8,11H,4-6,9-10H2,1-3H3. The summed E-state index contributed by atoms with van der Waals surface area (Å²) in [6, 6.07) is 4.11. The van der Waals surface area contributed by atoms with E-state index in [4.69, 9.17) is 9.47 Å². The fraction of sp³-hybridized carbons (Fsp3) is 0.533. The van der Waals surface area contributed by atoms with E-state index in [-0.39, 0.29) is 17.9 Å². The molecular formula is C15H22N2O5. The van der Waals surface area contributed by atoms with E-state index in [1.165, 1.54) is 18.2 Å². The number of nitrogens with zero attached hydrogens (tertiary/aromatic N) is 2. The molecule has 1 rings (SSSR count). The van der Waals surface area contributed by atoms with Gasteiger partial charge in [0.05, 0.1) is 11.5 Å². The summed E-state index contributed by atoms with van der Waals surface area (Å²) in [4.78, 5) is 24.4. The van der Waals surface area contributed by atoms with Crippen molar-refractivity contribution in [1.29, 1.82) is 0 Å². The average molecular weight is 310 g/mol. The van der Waals surface area contributed by atoms with Crippen LogP contribution in [0, 0.1) is 10.1 Å². The van der Waals surface area contributed by atoms with Gasteiger partial charge in [-0.25, -0.2) is 4.79 Å². The van der Waals surface area contributed by atoms with Gasteiger partial charge in [-0.2, -0.15) is 0 Å². The predicted octanol–water partition coefficient (Wildman–Crippen LogP) is 2.49. The third-order valence-electron chi connectivity index (χ3n) is 3.23. The van der Waals surface area contributed by atoms with E-state index in [1.807, 2.05) is 0 Å². The lowest BCUT2D eigenvalue weighted by Gasteiger charge is -2.18. The van der Waals surface area contributed by atoms with Gasteiger partial charge in [-0.05, 0) is 26.1 Å². The molecule has 7 nitrogen and oxygen atoms in total. The highest BCUT2D eigenvalue weighted by atomic mass is 16.6. The highest BCUT2D eigenvalue weighted by molar-refractivity contribution is 5.94. The van der Waals surface area contributed by atoms with Gasteiger partial charge < -0.3 is 14.4 Å². The van der Waals surface area contributed by atoms with Crippen LogP contribution in [0.5, 0.6) is 5.75 Å². The number of nitro benzene ring substituents is 1. The molecule has 0 radical (unpaired) electrons. The molecule has 22 heavy (non-hydrogen) atoms. The lowest BCUT2D eigenvalue weighted by atomic mass is 10.1. The molecule has 1 aromatic carbocycles. The molecule has 0 atom stereocenters. The smallest absolute Gasteiger partial charge is 0.345 e. The maximum absolute atomic E-state index is 11.8. The van der Waals surface area contributed by atoms with Crippen LogP contribution >= 0.6 is 0 Å². The summed E-state index contributed by atoms with van der Waals surface area (Å²) in [6.45, 7) is 8.97. The number of esters is 1. The van der Waals surface area contributed by atoms with Crippen molar-refractivity contribution in [3.8, 4) is 5.75 Å². The van der Waals surface area contributed by atoms with Crippen LogP contribution in [-0.4, -0.2) is 48.6 Å². The van der Waals surface area contributed by atoms with Crippen LogP contribution in [0.2, 0.25) is 0 Å². The Hall–Kier alpha value is -2.15. The Balaban J connectivity index is 2.83. The van der Waals surface area contributed by atoms with Gasteiger partial charge in [0.2, 0.25) is 0 Å². The Bertz CT molecular complexity index is 515. The Kier molecular flexibility index (Phi) is 7.31. The molecule has 0 saturated heterocycles. The summed E-state index contributed by atoms with van der Waals surface area (Å²) >= 11 is 0.